The van der Waals surface area contributed by atoms with Gasteiger partial charge in [-0.15, -0.1) is 0 Å². The highest BCUT2D eigenvalue weighted by Gasteiger charge is 2.13. The topological polar surface area (TPSA) is 107 Å². The van der Waals surface area contributed by atoms with Gasteiger partial charge in [0.2, 0.25) is 0 Å². The van der Waals surface area contributed by atoms with Crippen LogP contribution in [0.5, 0.6) is 0 Å². The summed E-state index contributed by atoms with van der Waals surface area (Å²) < 4.78 is 1.75. The van der Waals surface area contributed by atoms with Crippen LogP contribution in [0.15, 0.2) is 76.6 Å². The normalized spacial score (nSPS) is 11.3. The van der Waals surface area contributed by atoms with E-state index in [0.29, 0.717) is 27.4 Å². The van der Waals surface area contributed by atoms with E-state index < -0.39 is 10.8 Å². The number of nitrogens with zero attached hydrogens (tertiary/aromatic N) is 3. The van der Waals surface area contributed by atoms with Gasteiger partial charge in [0, 0.05) is 33.5 Å². The minimum atomic E-state index is -0.543. The van der Waals surface area contributed by atoms with Crippen molar-refractivity contribution in [2.24, 2.45) is 5.10 Å². The predicted octanol–water partition coefficient (Wildman–Crippen LogP) is 3.87. The van der Waals surface area contributed by atoms with Gasteiger partial charge in [0.15, 0.2) is 5.43 Å². The fourth-order valence-corrected chi connectivity index (χ4v) is 3.51. The van der Waals surface area contributed by atoms with E-state index in [9.17, 15) is 19.7 Å². The van der Waals surface area contributed by atoms with E-state index in [0.717, 1.165) is 0 Å². The number of benzene rings is 3. The summed E-state index contributed by atoms with van der Waals surface area (Å²) in [7, 11) is 0. The number of para-hydroxylation sites is 2. The molecule has 8 nitrogen and oxygen atoms in total. The molecule has 0 atom stereocenters. The Hall–Kier alpha value is -4.04. The summed E-state index contributed by atoms with van der Waals surface area (Å²) in [5.41, 5.74) is 3.74. The third kappa shape index (κ3) is 4.01. The standard InChI is InChI=1S/C22H15ClN4O4/c23-18-10-9-15(27(30)31)11-14(18)12-24-25-21(28)13-26-19-7-3-1-5-16(19)22(29)17-6-2-4-8-20(17)26/h1-12H,13H2,(H,25,28). The van der Waals surface area contributed by atoms with Gasteiger partial charge in [0.25, 0.3) is 11.6 Å². The minimum Gasteiger partial charge on any atom is -0.331 e. The van der Waals surface area contributed by atoms with E-state index in [1.54, 1.807) is 53.1 Å². The molecule has 31 heavy (non-hydrogen) atoms. The lowest BCUT2D eigenvalue weighted by atomic mass is 10.1. The Balaban J connectivity index is 1.63. The highest BCUT2D eigenvalue weighted by Crippen LogP contribution is 2.21. The Labute approximate surface area is 180 Å². The molecule has 0 spiro atoms. The van der Waals surface area contributed by atoms with E-state index in [4.69, 9.17) is 11.6 Å². The smallest absolute Gasteiger partial charge is 0.270 e. The number of rotatable bonds is 5. The molecule has 3 aromatic carbocycles. The summed E-state index contributed by atoms with van der Waals surface area (Å²) in [5.74, 6) is -0.434. The first kappa shape index (κ1) is 20.2. The van der Waals surface area contributed by atoms with Crippen molar-refractivity contribution in [2.45, 2.75) is 6.54 Å². The fourth-order valence-electron chi connectivity index (χ4n) is 3.34. The summed E-state index contributed by atoms with van der Waals surface area (Å²) in [6.07, 6.45) is 1.24. The van der Waals surface area contributed by atoms with Gasteiger partial charge < -0.3 is 4.57 Å². The number of aromatic nitrogens is 1. The third-order valence-electron chi connectivity index (χ3n) is 4.76. The molecule has 1 amide bonds. The van der Waals surface area contributed by atoms with Gasteiger partial charge in [-0.3, -0.25) is 19.7 Å². The van der Waals surface area contributed by atoms with Gasteiger partial charge in [-0.25, -0.2) is 5.43 Å². The summed E-state index contributed by atoms with van der Waals surface area (Å²) in [6.45, 7) is -0.0820. The average Bonchev–Trinajstić information content (AvgIpc) is 2.77. The number of amides is 1. The zero-order chi connectivity index (χ0) is 22.0. The van der Waals surface area contributed by atoms with E-state index >= 15 is 0 Å². The lowest BCUT2D eigenvalue weighted by Gasteiger charge is -2.14. The van der Waals surface area contributed by atoms with Crippen LogP contribution in [0.4, 0.5) is 5.69 Å². The minimum absolute atomic E-state index is 0.0820. The number of non-ortho nitro benzene ring substituents is 1. The highest BCUT2D eigenvalue weighted by atomic mass is 35.5. The van der Waals surface area contributed by atoms with Gasteiger partial charge in [-0.2, -0.15) is 5.10 Å². The molecule has 0 aliphatic heterocycles. The Bertz CT molecular complexity index is 1370. The summed E-state index contributed by atoms with van der Waals surface area (Å²) in [6, 6.07) is 18.1. The summed E-state index contributed by atoms with van der Waals surface area (Å²) in [4.78, 5) is 35.7. The van der Waals surface area contributed by atoms with E-state index in [1.807, 2.05) is 0 Å². The lowest BCUT2D eigenvalue weighted by molar-refractivity contribution is -0.384. The number of hydrogen-bond acceptors (Lipinski definition) is 5. The molecule has 0 aliphatic rings. The van der Waals surface area contributed by atoms with Crippen molar-refractivity contribution in [3.8, 4) is 0 Å². The van der Waals surface area contributed by atoms with Crippen LogP contribution < -0.4 is 10.9 Å². The number of fused-ring (bicyclic) bond motifs is 2. The van der Waals surface area contributed by atoms with Crippen molar-refractivity contribution in [3.05, 3.63) is 97.7 Å². The summed E-state index contributed by atoms with van der Waals surface area (Å²) in [5, 5.41) is 16.1. The summed E-state index contributed by atoms with van der Waals surface area (Å²) >= 11 is 6.03. The molecule has 0 fully saturated rings. The maximum Gasteiger partial charge on any atom is 0.270 e. The van der Waals surface area contributed by atoms with Crippen molar-refractivity contribution in [3.63, 3.8) is 0 Å². The predicted molar refractivity (Wildman–Crippen MR) is 120 cm³/mol. The van der Waals surface area contributed by atoms with Gasteiger partial charge >= 0.3 is 0 Å². The van der Waals surface area contributed by atoms with Crippen LogP contribution >= 0.6 is 11.6 Å². The van der Waals surface area contributed by atoms with Crippen LogP contribution in [-0.2, 0) is 11.3 Å². The molecule has 0 unspecified atom stereocenters. The van der Waals surface area contributed by atoms with Crippen molar-refractivity contribution >= 4 is 51.2 Å². The molecule has 9 heteroatoms. The fraction of sp³-hybridized carbons (Fsp3) is 0.0455. The molecule has 4 rings (SSSR count). The molecule has 154 valence electrons. The number of nitro groups is 1. The van der Waals surface area contributed by atoms with Gasteiger partial charge in [0.05, 0.1) is 22.2 Å². The van der Waals surface area contributed by atoms with Crippen molar-refractivity contribution in [1.29, 1.82) is 0 Å². The second-order valence-electron chi connectivity index (χ2n) is 6.71. The molecule has 0 radical (unpaired) electrons. The van der Waals surface area contributed by atoms with Crippen LogP contribution in [0, 0.1) is 10.1 Å². The third-order valence-corrected chi connectivity index (χ3v) is 5.11. The van der Waals surface area contributed by atoms with Crippen molar-refractivity contribution < 1.29 is 9.72 Å². The first-order valence-electron chi connectivity index (χ1n) is 9.22. The number of nitro benzene ring substituents is 1. The largest absolute Gasteiger partial charge is 0.331 e. The van der Waals surface area contributed by atoms with E-state index in [1.165, 1.54) is 24.4 Å². The quantitative estimate of drug-likeness (QED) is 0.223. The number of hydrazone groups is 1. The average molecular weight is 435 g/mol. The molecule has 1 N–H and O–H groups in total. The monoisotopic (exact) mass is 434 g/mol. The number of halogens is 1. The second kappa shape index (κ2) is 8.37. The zero-order valence-corrected chi connectivity index (χ0v) is 16.7. The van der Waals surface area contributed by atoms with Crippen LogP contribution in [-0.4, -0.2) is 21.6 Å². The Morgan fingerprint density at radius 2 is 1.68 bits per heavy atom. The number of carbonyl (C=O) groups is 1. The zero-order valence-electron chi connectivity index (χ0n) is 16.0. The molecular formula is C22H15ClN4O4. The lowest BCUT2D eigenvalue weighted by Crippen LogP contribution is -2.25. The second-order valence-corrected chi connectivity index (χ2v) is 7.11. The first-order chi connectivity index (χ1) is 15.0. The van der Waals surface area contributed by atoms with Crippen molar-refractivity contribution in [1.82, 2.24) is 9.99 Å². The number of nitrogens with one attached hydrogen (secondary N) is 1. The highest BCUT2D eigenvalue weighted by molar-refractivity contribution is 6.33. The maximum atomic E-state index is 12.8. The molecular weight excluding hydrogens is 420 g/mol. The Kier molecular flexibility index (Phi) is 5.46. The molecule has 1 aromatic heterocycles. The van der Waals surface area contributed by atoms with Gasteiger partial charge in [-0.1, -0.05) is 35.9 Å². The SMILES string of the molecule is O=C(Cn1c2ccccc2c(=O)c2ccccc21)NN=Cc1cc([N+](=O)[O-])ccc1Cl. The van der Waals surface area contributed by atoms with Gasteiger partial charge in [-0.05, 0) is 30.3 Å². The van der Waals surface area contributed by atoms with E-state index in [-0.39, 0.29) is 22.7 Å². The Morgan fingerprint density at radius 3 is 2.29 bits per heavy atom. The van der Waals surface area contributed by atoms with E-state index in [2.05, 4.69) is 10.5 Å². The molecule has 0 saturated heterocycles. The molecule has 0 saturated carbocycles. The maximum absolute atomic E-state index is 12.8. The van der Waals surface area contributed by atoms with Crippen molar-refractivity contribution in [2.75, 3.05) is 0 Å². The number of carbonyl (C=O) groups excluding carboxylic acids is 1. The first-order valence-corrected chi connectivity index (χ1v) is 9.59. The number of pyridine rings is 1. The van der Waals surface area contributed by atoms with Gasteiger partial charge in [0.1, 0.15) is 6.54 Å². The van der Waals surface area contributed by atoms with Crippen LogP contribution in [0.25, 0.3) is 21.8 Å². The molecule has 0 aliphatic carbocycles. The number of hydrogen-bond donors (Lipinski definition) is 1. The Morgan fingerprint density at radius 1 is 1.06 bits per heavy atom. The van der Waals surface area contributed by atoms with Crippen LogP contribution in [0.3, 0.4) is 0 Å². The van der Waals surface area contributed by atoms with Crippen LogP contribution in [0.2, 0.25) is 5.02 Å². The van der Waals surface area contributed by atoms with Crippen LogP contribution in [0.1, 0.15) is 5.56 Å². The molecule has 1 heterocycles. The molecule has 0 bridgehead atoms. The molecule has 4 aromatic rings.